The molecule has 1 aliphatic rings. The summed E-state index contributed by atoms with van der Waals surface area (Å²) in [5.41, 5.74) is 5.89. The number of aromatic nitrogens is 2. The molecule has 3 N–H and O–H groups in total. The van der Waals surface area contributed by atoms with Crippen LogP contribution in [0.25, 0.3) is 0 Å². The average molecular weight is 298 g/mol. The second-order valence-electron chi connectivity index (χ2n) is 5.02. The number of aryl methyl sites for hydroxylation is 1. The van der Waals surface area contributed by atoms with E-state index in [2.05, 4.69) is 10.3 Å². The third-order valence-electron chi connectivity index (χ3n) is 3.68. The molecule has 1 fully saturated rings. The number of nitrogen functional groups attached to an aromatic ring is 1. The normalized spacial score (nSPS) is 29.0. The van der Waals surface area contributed by atoms with Gasteiger partial charge in [-0.3, -0.25) is 4.57 Å². The Hall–Kier alpha value is -1.48. The Morgan fingerprint density at radius 3 is 2.67 bits per heavy atom. The molecule has 1 aliphatic heterocycles. The van der Waals surface area contributed by atoms with Crippen LogP contribution in [0.5, 0.6) is 0 Å². The van der Waals surface area contributed by atoms with Crippen LogP contribution in [-0.2, 0) is 14.2 Å². The van der Waals surface area contributed by atoms with Crippen molar-refractivity contribution in [2.75, 3.05) is 33.5 Å². The molecule has 8 heteroatoms. The minimum atomic E-state index is -0.599. The van der Waals surface area contributed by atoms with Gasteiger partial charge >= 0.3 is 5.69 Å². The fourth-order valence-corrected chi connectivity index (χ4v) is 2.59. The van der Waals surface area contributed by atoms with E-state index in [1.165, 1.54) is 4.57 Å². The minimum absolute atomic E-state index is 0.221. The maximum atomic E-state index is 12.1. The number of hydrogen-bond donors (Lipinski definition) is 2. The number of rotatable bonds is 5. The molecule has 1 saturated heterocycles. The Kier molecular flexibility index (Phi) is 4.94. The third-order valence-corrected chi connectivity index (χ3v) is 3.68. The Morgan fingerprint density at radius 1 is 1.43 bits per heavy atom. The van der Waals surface area contributed by atoms with E-state index in [1.54, 1.807) is 27.3 Å². The molecule has 2 rings (SSSR count). The van der Waals surface area contributed by atoms with Gasteiger partial charge in [0.2, 0.25) is 0 Å². The lowest BCUT2D eigenvalue weighted by atomic mass is 10.1. The summed E-state index contributed by atoms with van der Waals surface area (Å²) in [5, 5.41) is 3.04. The number of anilines is 1. The van der Waals surface area contributed by atoms with Crippen LogP contribution in [0.15, 0.2) is 11.0 Å². The first-order valence-electron chi connectivity index (χ1n) is 6.74. The number of nitrogens with two attached hydrogens (primary N) is 1. The zero-order valence-corrected chi connectivity index (χ0v) is 12.7. The molecular formula is C13H22N4O4. The van der Waals surface area contributed by atoms with Crippen LogP contribution < -0.4 is 16.7 Å². The van der Waals surface area contributed by atoms with E-state index in [0.29, 0.717) is 12.1 Å². The van der Waals surface area contributed by atoms with Crippen molar-refractivity contribution in [3.05, 3.63) is 22.2 Å². The van der Waals surface area contributed by atoms with E-state index < -0.39 is 18.0 Å². The van der Waals surface area contributed by atoms with E-state index in [1.807, 2.05) is 7.05 Å². The van der Waals surface area contributed by atoms with Crippen LogP contribution >= 0.6 is 0 Å². The number of nitrogens with zero attached hydrogens (tertiary/aromatic N) is 2. The van der Waals surface area contributed by atoms with Crippen molar-refractivity contribution in [3.63, 3.8) is 0 Å². The van der Waals surface area contributed by atoms with Crippen molar-refractivity contribution >= 4 is 5.82 Å². The number of ether oxygens (including phenoxy) is 3. The van der Waals surface area contributed by atoms with E-state index >= 15 is 0 Å². The summed E-state index contributed by atoms with van der Waals surface area (Å²) in [4.78, 5) is 15.9. The van der Waals surface area contributed by atoms with Gasteiger partial charge in [0.1, 0.15) is 24.1 Å². The molecule has 2 unspecified atom stereocenters. The minimum Gasteiger partial charge on any atom is -0.383 e. The predicted molar refractivity (Wildman–Crippen MR) is 77.1 cm³/mol. The molecule has 1 aromatic rings. The van der Waals surface area contributed by atoms with Crippen molar-refractivity contribution in [3.8, 4) is 0 Å². The molecule has 0 amide bonds. The lowest BCUT2D eigenvalue weighted by molar-refractivity contribution is -0.0554. The van der Waals surface area contributed by atoms with Crippen LogP contribution in [0.2, 0.25) is 0 Å². The predicted octanol–water partition coefficient (Wildman–Crippen LogP) is -0.719. The molecule has 0 radical (unpaired) electrons. The van der Waals surface area contributed by atoms with Gasteiger partial charge in [-0.1, -0.05) is 0 Å². The summed E-state index contributed by atoms with van der Waals surface area (Å²) in [6, 6.07) is 0. The van der Waals surface area contributed by atoms with Crippen molar-refractivity contribution < 1.29 is 14.2 Å². The van der Waals surface area contributed by atoms with Gasteiger partial charge in [0, 0.05) is 32.5 Å². The molecule has 0 aliphatic carbocycles. The summed E-state index contributed by atoms with van der Waals surface area (Å²) in [6.45, 7) is 2.37. The fraction of sp³-hybridized carbons (Fsp3) is 0.692. The Morgan fingerprint density at radius 2 is 2.10 bits per heavy atom. The zero-order valence-electron chi connectivity index (χ0n) is 12.7. The average Bonchev–Trinajstić information content (AvgIpc) is 2.80. The monoisotopic (exact) mass is 298 g/mol. The van der Waals surface area contributed by atoms with Crippen LogP contribution in [-0.4, -0.2) is 55.7 Å². The topological polar surface area (TPSA) is 101 Å². The molecule has 1 aromatic heterocycles. The maximum Gasteiger partial charge on any atom is 0.351 e. The third kappa shape index (κ3) is 2.93. The summed E-state index contributed by atoms with van der Waals surface area (Å²) < 4.78 is 18.3. The molecule has 0 bridgehead atoms. The van der Waals surface area contributed by atoms with Crippen LogP contribution in [0, 0.1) is 6.92 Å². The summed E-state index contributed by atoms with van der Waals surface area (Å²) >= 11 is 0. The second kappa shape index (κ2) is 6.52. The van der Waals surface area contributed by atoms with Gasteiger partial charge in [-0.2, -0.15) is 4.98 Å². The summed E-state index contributed by atoms with van der Waals surface area (Å²) in [5.74, 6) is 0.221. The summed E-state index contributed by atoms with van der Waals surface area (Å²) in [6.07, 6.45) is 0.126. The van der Waals surface area contributed by atoms with Crippen LogP contribution in [0.1, 0.15) is 11.8 Å². The number of hydrogen-bond acceptors (Lipinski definition) is 7. The van der Waals surface area contributed by atoms with Crippen molar-refractivity contribution in [1.29, 1.82) is 0 Å². The van der Waals surface area contributed by atoms with Gasteiger partial charge < -0.3 is 25.3 Å². The fourth-order valence-electron chi connectivity index (χ4n) is 2.59. The molecule has 0 aromatic carbocycles. The first-order valence-corrected chi connectivity index (χ1v) is 6.74. The standard InChI is InChI=1S/C13H22N4O4/c1-7-6-17(13(18)16-11(7)14)12-10(20-4)9(19-3)8(21-12)5-15-2/h6,8-10,12,15H,5H2,1-4H3,(H2,14,16,18)/t8-,9?,10?,12-/m1/s1. The molecule has 21 heavy (non-hydrogen) atoms. The van der Waals surface area contributed by atoms with Crippen LogP contribution in [0.3, 0.4) is 0 Å². The van der Waals surface area contributed by atoms with Crippen molar-refractivity contribution in [1.82, 2.24) is 14.9 Å². The molecule has 118 valence electrons. The van der Waals surface area contributed by atoms with E-state index in [0.717, 1.165) is 0 Å². The molecule has 8 nitrogen and oxygen atoms in total. The van der Waals surface area contributed by atoms with Crippen molar-refractivity contribution in [2.24, 2.45) is 0 Å². The SMILES string of the molecule is CNC[C@H]1O[C@@H](n2cc(C)c(N)nc2=O)C(OC)C1OC. The quantitative estimate of drug-likeness (QED) is 0.740. The van der Waals surface area contributed by atoms with Gasteiger partial charge in [-0.25, -0.2) is 4.79 Å². The largest absolute Gasteiger partial charge is 0.383 e. The highest BCUT2D eigenvalue weighted by molar-refractivity contribution is 5.35. The second-order valence-corrected chi connectivity index (χ2v) is 5.02. The van der Waals surface area contributed by atoms with E-state index in [4.69, 9.17) is 19.9 Å². The Balaban J connectivity index is 2.38. The highest BCUT2D eigenvalue weighted by Gasteiger charge is 2.46. The maximum absolute atomic E-state index is 12.1. The van der Waals surface area contributed by atoms with E-state index in [-0.39, 0.29) is 18.0 Å². The number of likely N-dealkylation sites (N-methyl/N-ethyl adjacent to an activating group) is 1. The molecule has 0 saturated carbocycles. The van der Waals surface area contributed by atoms with Gasteiger partial charge in [-0.15, -0.1) is 0 Å². The smallest absolute Gasteiger partial charge is 0.351 e. The number of nitrogens with one attached hydrogen (secondary N) is 1. The highest BCUT2D eigenvalue weighted by Crippen LogP contribution is 2.32. The first kappa shape index (κ1) is 15.9. The number of methoxy groups -OCH3 is 2. The van der Waals surface area contributed by atoms with Gasteiger partial charge in [0.05, 0.1) is 0 Å². The Bertz CT molecular complexity index is 547. The van der Waals surface area contributed by atoms with Gasteiger partial charge in [0.25, 0.3) is 0 Å². The Labute approximate surface area is 123 Å². The lowest BCUT2D eigenvalue weighted by Gasteiger charge is -2.22. The van der Waals surface area contributed by atoms with E-state index in [9.17, 15) is 4.79 Å². The highest BCUT2D eigenvalue weighted by atomic mass is 16.6. The first-order chi connectivity index (χ1) is 10.0. The molecular weight excluding hydrogens is 276 g/mol. The van der Waals surface area contributed by atoms with Gasteiger partial charge in [-0.05, 0) is 14.0 Å². The van der Waals surface area contributed by atoms with Crippen molar-refractivity contribution in [2.45, 2.75) is 31.5 Å². The van der Waals surface area contributed by atoms with Gasteiger partial charge in [0.15, 0.2) is 6.23 Å². The zero-order chi connectivity index (χ0) is 15.6. The molecule has 2 heterocycles. The summed E-state index contributed by atoms with van der Waals surface area (Å²) in [7, 11) is 4.99. The van der Waals surface area contributed by atoms with Crippen LogP contribution in [0.4, 0.5) is 5.82 Å². The lowest BCUT2D eigenvalue weighted by Crippen LogP contribution is -2.40. The molecule has 0 spiro atoms. The molecule has 4 atom stereocenters.